The van der Waals surface area contributed by atoms with E-state index in [9.17, 15) is 19.1 Å². The zero-order valence-corrected chi connectivity index (χ0v) is 18.1. The van der Waals surface area contributed by atoms with Crippen molar-refractivity contribution in [3.8, 4) is 11.5 Å². The van der Waals surface area contributed by atoms with Gasteiger partial charge in [0.05, 0.1) is 19.8 Å². The van der Waals surface area contributed by atoms with Gasteiger partial charge < -0.3 is 14.6 Å². The van der Waals surface area contributed by atoms with E-state index < -0.39 is 29.3 Å². The summed E-state index contributed by atoms with van der Waals surface area (Å²) in [5.41, 5.74) is 0.268. The summed E-state index contributed by atoms with van der Waals surface area (Å²) in [7, 11) is 2.77. The highest BCUT2D eigenvalue weighted by molar-refractivity contribution is 7.15. The van der Waals surface area contributed by atoms with Crippen LogP contribution in [0.15, 0.2) is 48.0 Å². The number of anilines is 1. The second kappa shape index (κ2) is 8.39. The van der Waals surface area contributed by atoms with E-state index >= 15 is 0 Å². The lowest BCUT2D eigenvalue weighted by molar-refractivity contribution is -0.132. The molecule has 8 nitrogen and oxygen atoms in total. The van der Waals surface area contributed by atoms with E-state index in [1.54, 1.807) is 31.2 Å². The fourth-order valence-corrected chi connectivity index (χ4v) is 4.28. The number of hydrogen-bond acceptors (Lipinski definition) is 8. The topological polar surface area (TPSA) is 102 Å². The van der Waals surface area contributed by atoms with Crippen molar-refractivity contribution in [1.82, 2.24) is 10.2 Å². The van der Waals surface area contributed by atoms with Crippen LogP contribution in [0.3, 0.4) is 0 Å². The van der Waals surface area contributed by atoms with Crippen molar-refractivity contribution in [2.75, 3.05) is 19.1 Å². The molecule has 0 radical (unpaired) electrons. The van der Waals surface area contributed by atoms with Gasteiger partial charge in [0.15, 0.2) is 11.6 Å². The van der Waals surface area contributed by atoms with Crippen molar-refractivity contribution in [2.24, 2.45) is 0 Å². The lowest BCUT2D eigenvalue weighted by Crippen LogP contribution is -2.29. The minimum absolute atomic E-state index is 0.0207. The maximum atomic E-state index is 14.3. The molecule has 1 amide bonds. The molecule has 1 aliphatic heterocycles. The Hall–Kier alpha value is -3.79. The van der Waals surface area contributed by atoms with Gasteiger partial charge in [-0.2, -0.15) is 0 Å². The van der Waals surface area contributed by atoms with Crippen molar-refractivity contribution < 1.29 is 28.6 Å². The first kappa shape index (κ1) is 21.4. The van der Waals surface area contributed by atoms with Gasteiger partial charge in [-0.3, -0.25) is 14.5 Å². The third-order valence-corrected chi connectivity index (χ3v) is 5.86. The number of ether oxygens (including phenoxy) is 2. The summed E-state index contributed by atoms with van der Waals surface area (Å²) >= 11 is 1.13. The minimum atomic E-state index is -1.05. The number of benzene rings is 2. The molecule has 0 saturated carbocycles. The Morgan fingerprint density at radius 1 is 1.09 bits per heavy atom. The van der Waals surface area contributed by atoms with Crippen LogP contribution in [-0.2, 0) is 9.59 Å². The van der Waals surface area contributed by atoms with Crippen LogP contribution in [0.5, 0.6) is 11.5 Å². The van der Waals surface area contributed by atoms with Crippen LogP contribution in [0.2, 0.25) is 0 Å². The maximum absolute atomic E-state index is 14.3. The van der Waals surface area contributed by atoms with E-state index in [1.807, 2.05) is 0 Å². The van der Waals surface area contributed by atoms with E-state index in [0.29, 0.717) is 16.3 Å². The maximum Gasteiger partial charge on any atom is 0.301 e. The summed E-state index contributed by atoms with van der Waals surface area (Å²) in [6.45, 7) is 1.72. The third kappa shape index (κ3) is 3.48. The summed E-state index contributed by atoms with van der Waals surface area (Å²) in [6, 6.07) is 9.52. The van der Waals surface area contributed by atoms with Crippen molar-refractivity contribution >= 4 is 33.9 Å². The highest BCUT2D eigenvalue weighted by Gasteiger charge is 2.49. The lowest BCUT2D eigenvalue weighted by Gasteiger charge is -2.24. The van der Waals surface area contributed by atoms with Gasteiger partial charge in [0.1, 0.15) is 22.6 Å². The minimum Gasteiger partial charge on any atom is -0.507 e. The standard InChI is InChI=1S/C22H18FN3O5S/c1-11-24-25-22(32-11)26-18(13-6-4-5-7-15(13)30-2)17(20(28)21(26)29)19(27)12-8-9-16(31-3)14(23)10-12/h4-10,18,27H,1-3H3. The van der Waals surface area contributed by atoms with Crippen molar-refractivity contribution in [2.45, 2.75) is 13.0 Å². The molecule has 32 heavy (non-hydrogen) atoms. The Morgan fingerprint density at radius 2 is 1.81 bits per heavy atom. The number of hydrogen-bond donors (Lipinski definition) is 1. The quantitative estimate of drug-likeness (QED) is 0.356. The average molecular weight is 455 g/mol. The number of ketones is 1. The van der Waals surface area contributed by atoms with E-state index in [0.717, 1.165) is 17.4 Å². The zero-order chi connectivity index (χ0) is 23.0. The SMILES string of the molecule is COc1ccc(C(O)=C2C(=O)C(=O)N(c3nnc(C)s3)C2c2ccccc2OC)cc1F. The molecular formula is C22H18FN3O5S. The smallest absolute Gasteiger partial charge is 0.301 e. The number of para-hydroxylation sites is 1. The summed E-state index contributed by atoms with van der Waals surface area (Å²) in [5.74, 6) is -2.68. The Kier molecular flexibility index (Phi) is 5.62. The van der Waals surface area contributed by atoms with E-state index in [4.69, 9.17) is 9.47 Å². The number of rotatable bonds is 5. The molecule has 1 atom stereocenters. The predicted molar refractivity (Wildman–Crippen MR) is 115 cm³/mol. The van der Waals surface area contributed by atoms with Gasteiger partial charge >= 0.3 is 5.91 Å². The number of halogens is 1. The molecule has 1 aromatic heterocycles. The largest absolute Gasteiger partial charge is 0.507 e. The summed E-state index contributed by atoms with van der Waals surface area (Å²) in [5, 5.41) is 19.8. The number of carbonyl (C=O) groups is 2. The molecule has 2 heterocycles. The molecule has 0 aliphatic carbocycles. The summed E-state index contributed by atoms with van der Waals surface area (Å²) in [4.78, 5) is 27.3. The van der Waals surface area contributed by atoms with Crippen LogP contribution in [-0.4, -0.2) is 41.2 Å². The molecule has 0 bridgehead atoms. The molecule has 1 N–H and O–H groups in total. The number of aliphatic hydroxyl groups excluding tert-OH is 1. The second-order valence-electron chi connectivity index (χ2n) is 6.86. The highest BCUT2D eigenvalue weighted by Crippen LogP contribution is 2.45. The van der Waals surface area contributed by atoms with Gasteiger partial charge in [0.2, 0.25) is 5.13 Å². The van der Waals surface area contributed by atoms with Crippen molar-refractivity contribution in [3.05, 3.63) is 70.0 Å². The van der Waals surface area contributed by atoms with Crippen LogP contribution >= 0.6 is 11.3 Å². The van der Waals surface area contributed by atoms with Crippen LogP contribution < -0.4 is 14.4 Å². The van der Waals surface area contributed by atoms with Gasteiger partial charge in [-0.05, 0) is 31.2 Å². The molecule has 1 unspecified atom stereocenters. The Bertz CT molecular complexity index is 1260. The average Bonchev–Trinajstić information content (AvgIpc) is 3.33. The fraction of sp³-hybridized carbons (Fsp3) is 0.182. The first-order chi connectivity index (χ1) is 15.4. The molecule has 10 heteroatoms. The van der Waals surface area contributed by atoms with Gasteiger partial charge in [-0.1, -0.05) is 29.5 Å². The van der Waals surface area contributed by atoms with Gasteiger partial charge in [0, 0.05) is 11.1 Å². The number of nitrogens with zero attached hydrogens (tertiary/aromatic N) is 3. The van der Waals surface area contributed by atoms with E-state index in [-0.39, 0.29) is 22.0 Å². The lowest BCUT2D eigenvalue weighted by atomic mass is 9.94. The zero-order valence-electron chi connectivity index (χ0n) is 17.3. The number of Topliss-reactive ketones (excluding diaryl/α,β-unsaturated/α-hetero) is 1. The normalized spacial score (nSPS) is 17.6. The van der Waals surface area contributed by atoms with Gasteiger partial charge in [-0.15, -0.1) is 10.2 Å². The van der Waals surface area contributed by atoms with E-state index in [1.165, 1.54) is 31.3 Å². The summed E-state index contributed by atoms with van der Waals surface area (Å²) < 4.78 is 24.6. The molecule has 0 spiro atoms. The van der Waals surface area contributed by atoms with Crippen LogP contribution in [0, 0.1) is 12.7 Å². The number of aromatic nitrogens is 2. The Labute approximate surface area is 186 Å². The molecule has 1 saturated heterocycles. The molecule has 2 aromatic carbocycles. The number of amides is 1. The van der Waals surface area contributed by atoms with Crippen molar-refractivity contribution in [3.63, 3.8) is 0 Å². The Balaban J connectivity index is 1.97. The molecule has 4 rings (SSSR count). The number of carbonyl (C=O) groups excluding carboxylic acids is 2. The molecule has 164 valence electrons. The number of aliphatic hydroxyl groups is 1. The molecule has 1 fully saturated rings. The molecular weight excluding hydrogens is 437 g/mol. The second-order valence-corrected chi connectivity index (χ2v) is 8.02. The number of methoxy groups -OCH3 is 2. The molecule has 1 aliphatic rings. The van der Waals surface area contributed by atoms with Crippen LogP contribution in [0.1, 0.15) is 22.2 Å². The molecule has 3 aromatic rings. The monoisotopic (exact) mass is 455 g/mol. The first-order valence-electron chi connectivity index (χ1n) is 9.45. The predicted octanol–water partition coefficient (Wildman–Crippen LogP) is 3.63. The van der Waals surface area contributed by atoms with Gasteiger partial charge in [-0.25, -0.2) is 4.39 Å². The fourth-order valence-electron chi connectivity index (χ4n) is 3.57. The third-order valence-electron chi connectivity index (χ3n) is 5.02. The Morgan fingerprint density at radius 3 is 2.44 bits per heavy atom. The number of aryl methyl sites for hydroxylation is 1. The van der Waals surface area contributed by atoms with Crippen LogP contribution in [0.25, 0.3) is 5.76 Å². The van der Waals surface area contributed by atoms with Gasteiger partial charge in [0.25, 0.3) is 5.78 Å². The van der Waals surface area contributed by atoms with Crippen LogP contribution in [0.4, 0.5) is 9.52 Å². The highest BCUT2D eigenvalue weighted by atomic mass is 32.1. The summed E-state index contributed by atoms with van der Waals surface area (Å²) in [6.07, 6.45) is 0. The van der Waals surface area contributed by atoms with Crippen molar-refractivity contribution in [1.29, 1.82) is 0 Å². The van der Waals surface area contributed by atoms with E-state index in [2.05, 4.69) is 10.2 Å². The first-order valence-corrected chi connectivity index (χ1v) is 10.3.